The predicted molar refractivity (Wildman–Crippen MR) is 116 cm³/mol. The van der Waals surface area contributed by atoms with E-state index in [4.69, 9.17) is 5.26 Å². The Kier molecular flexibility index (Phi) is 6.26. The zero-order chi connectivity index (χ0) is 23.2. The number of rotatable bonds is 7. The summed E-state index contributed by atoms with van der Waals surface area (Å²) in [4.78, 5) is 24.8. The number of nitriles is 1. The summed E-state index contributed by atoms with van der Waals surface area (Å²) in [5, 5.41) is 23.1. The largest absolute Gasteiger partial charge is 0.363 e. The average molecular weight is 443 g/mol. The molecule has 0 aliphatic carbocycles. The molecule has 0 saturated carbocycles. The molecule has 0 aliphatic heterocycles. The second-order valence-corrected chi connectivity index (χ2v) is 6.98. The molecule has 1 aromatic carbocycles. The molecule has 0 spiro atoms. The van der Waals surface area contributed by atoms with Crippen molar-refractivity contribution in [2.24, 2.45) is 7.05 Å². The van der Waals surface area contributed by atoms with Gasteiger partial charge in [0.25, 0.3) is 5.91 Å². The fourth-order valence-corrected chi connectivity index (χ4v) is 3.06. The number of pyridine rings is 1. The zero-order valence-corrected chi connectivity index (χ0v) is 17.5. The number of carbonyl (C=O) groups excluding carboxylic acids is 1. The summed E-state index contributed by atoms with van der Waals surface area (Å²) in [6.07, 6.45) is 4.57. The molecule has 0 atom stereocenters. The first-order chi connectivity index (χ1) is 16.0. The minimum atomic E-state index is -0.489. The van der Waals surface area contributed by atoms with Crippen LogP contribution in [-0.4, -0.2) is 35.6 Å². The Bertz CT molecular complexity index is 1330. The van der Waals surface area contributed by atoms with Gasteiger partial charge in [-0.25, -0.2) is 19.3 Å². The Morgan fingerprint density at radius 3 is 2.79 bits per heavy atom. The van der Waals surface area contributed by atoms with Gasteiger partial charge in [-0.15, -0.1) is 10.2 Å². The molecule has 0 aliphatic rings. The molecule has 0 fully saturated rings. The third kappa shape index (κ3) is 4.96. The van der Waals surface area contributed by atoms with Gasteiger partial charge >= 0.3 is 0 Å². The zero-order valence-electron chi connectivity index (χ0n) is 17.5. The molecule has 0 radical (unpaired) electrons. The summed E-state index contributed by atoms with van der Waals surface area (Å²) in [7, 11) is 1.83. The number of aromatic nitrogens is 6. The van der Waals surface area contributed by atoms with E-state index < -0.39 is 11.7 Å². The standard InChI is InChI=1S/C22H18FN9O/c1-32-20(30-31-21(32)18-5-6-25-13-29-18)12-27-19-9-15(4-7-26-19)22(33)28-11-16-8-14(10-24)2-3-17(16)23/h2-9,13H,11-12H2,1H3,(H,26,27)(H,28,33). The molecule has 0 saturated heterocycles. The van der Waals surface area contributed by atoms with Crippen molar-refractivity contribution in [2.75, 3.05) is 5.32 Å². The molecular weight excluding hydrogens is 425 g/mol. The van der Waals surface area contributed by atoms with E-state index in [0.29, 0.717) is 40.8 Å². The van der Waals surface area contributed by atoms with Crippen LogP contribution in [-0.2, 0) is 20.1 Å². The molecule has 33 heavy (non-hydrogen) atoms. The monoisotopic (exact) mass is 443 g/mol. The Morgan fingerprint density at radius 2 is 2.00 bits per heavy atom. The molecular formula is C22H18FN9O. The molecule has 164 valence electrons. The molecule has 4 aromatic rings. The van der Waals surface area contributed by atoms with Crippen LogP contribution in [0.3, 0.4) is 0 Å². The lowest BCUT2D eigenvalue weighted by atomic mass is 10.1. The third-order valence-electron chi connectivity index (χ3n) is 4.84. The highest BCUT2D eigenvalue weighted by molar-refractivity contribution is 5.94. The Morgan fingerprint density at radius 1 is 1.12 bits per heavy atom. The second-order valence-electron chi connectivity index (χ2n) is 6.98. The van der Waals surface area contributed by atoms with E-state index >= 15 is 0 Å². The molecule has 10 nitrogen and oxygen atoms in total. The Hall–Kier alpha value is -4.72. The van der Waals surface area contributed by atoms with Gasteiger partial charge in [0.05, 0.1) is 18.2 Å². The first-order valence-corrected chi connectivity index (χ1v) is 9.86. The van der Waals surface area contributed by atoms with Crippen molar-refractivity contribution in [3.8, 4) is 17.6 Å². The number of hydrogen-bond donors (Lipinski definition) is 2. The third-order valence-corrected chi connectivity index (χ3v) is 4.84. The number of carbonyl (C=O) groups is 1. The van der Waals surface area contributed by atoms with Crippen LogP contribution in [0.2, 0.25) is 0 Å². The topological polar surface area (TPSA) is 134 Å². The molecule has 3 aromatic heterocycles. The summed E-state index contributed by atoms with van der Waals surface area (Å²) < 4.78 is 15.7. The van der Waals surface area contributed by atoms with E-state index in [2.05, 4.69) is 35.8 Å². The van der Waals surface area contributed by atoms with Crippen LogP contribution in [0, 0.1) is 17.1 Å². The highest BCUT2D eigenvalue weighted by Gasteiger charge is 2.13. The van der Waals surface area contributed by atoms with Gasteiger partial charge in [0.1, 0.15) is 23.7 Å². The van der Waals surface area contributed by atoms with Crippen molar-refractivity contribution in [3.05, 3.63) is 83.5 Å². The van der Waals surface area contributed by atoms with E-state index in [1.165, 1.54) is 30.7 Å². The fraction of sp³-hybridized carbons (Fsp3) is 0.136. The van der Waals surface area contributed by atoms with E-state index in [0.717, 1.165) is 0 Å². The highest BCUT2D eigenvalue weighted by atomic mass is 19.1. The molecule has 11 heteroatoms. The van der Waals surface area contributed by atoms with Crippen molar-refractivity contribution in [1.82, 2.24) is 35.0 Å². The molecule has 3 heterocycles. The van der Waals surface area contributed by atoms with Crippen LogP contribution < -0.4 is 10.6 Å². The Balaban J connectivity index is 1.40. The van der Waals surface area contributed by atoms with E-state index in [1.54, 1.807) is 29.0 Å². The minimum Gasteiger partial charge on any atom is -0.363 e. The fourth-order valence-electron chi connectivity index (χ4n) is 3.06. The van der Waals surface area contributed by atoms with Gasteiger partial charge in [-0.1, -0.05) is 0 Å². The van der Waals surface area contributed by atoms with Gasteiger partial charge in [-0.2, -0.15) is 5.26 Å². The number of nitrogens with one attached hydrogen (secondary N) is 2. The van der Waals surface area contributed by atoms with Gasteiger partial charge in [-0.3, -0.25) is 4.79 Å². The normalized spacial score (nSPS) is 10.5. The molecule has 4 rings (SSSR count). The average Bonchev–Trinajstić information content (AvgIpc) is 3.23. The summed E-state index contributed by atoms with van der Waals surface area (Å²) in [5.74, 6) is 0.825. The summed E-state index contributed by atoms with van der Waals surface area (Å²) >= 11 is 0. The first kappa shape index (κ1) is 21.5. The van der Waals surface area contributed by atoms with Crippen molar-refractivity contribution in [3.63, 3.8) is 0 Å². The van der Waals surface area contributed by atoms with E-state index in [9.17, 15) is 9.18 Å². The number of anilines is 1. The van der Waals surface area contributed by atoms with Crippen LogP contribution >= 0.6 is 0 Å². The molecule has 0 unspecified atom stereocenters. The van der Waals surface area contributed by atoms with Crippen molar-refractivity contribution in [2.45, 2.75) is 13.1 Å². The SMILES string of the molecule is Cn1c(CNc2cc(C(=O)NCc3cc(C#N)ccc3F)ccn2)nnc1-c1ccncn1. The maximum atomic E-state index is 13.9. The molecule has 1 amide bonds. The van der Waals surface area contributed by atoms with Gasteiger partial charge in [-0.05, 0) is 36.4 Å². The maximum absolute atomic E-state index is 13.9. The van der Waals surface area contributed by atoms with Crippen LogP contribution in [0.5, 0.6) is 0 Å². The Labute approximate surface area is 188 Å². The smallest absolute Gasteiger partial charge is 0.251 e. The maximum Gasteiger partial charge on any atom is 0.251 e. The van der Waals surface area contributed by atoms with Crippen molar-refractivity contribution >= 4 is 11.7 Å². The lowest BCUT2D eigenvalue weighted by molar-refractivity contribution is 0.0950. The van der Waals surface area contributed by atoms with Crippen molar-refractivity contribution < 1.29 is 9.18 Å². The number of halogens is 1. The van der Waals surface area contributed by atoms with E-state index in [-0.39, 0.29) is 12.1 Å². The van der Waals surface area contributed by atoms with Crippen LogP contribution in [0.1, 0.15) is 27.3 Å². The van der Waals surface area contributed by atoms with E-state index in [1.807, 2.05) is 13.1 Å². The summed E-state index contributed by atoms with van der Waals surface area (Å²) in [6, 6.07) is 10.8. The van der Waals surface area contributed by atoms with Crippen LogP contribution in [0.15, 0.2) is 55.1 Å². The van der Waals surface area contributed by atoms with Gasteiger partial charge in [0.2, 0.25) is 0 Å². The quantitative estimate of drug-likeness (QED) is 0.444. The molecule has 2 N–H and O–H groups in total. The van der Waals surface area contributed by atoms with Crippen LogP contribution in [0.25, 0.3) is 11.5 Å². The highest BCUT2D eigenvalue weighted by Crippen LogP contribution is 2.15. The van der Waals surface area contributed by atoms with Crippen LogP contribution in [0.4, 0.5) is 10.2 Å². The summed E-state index contributed by atoms with van der Waals surface area (Å²) in [5.41, 5.74) is 1.56. The number of amides is 1. The van der Waals surface area contributed by atoms with Gasteiger partial charge in [0.15, 0.2) is 11.6 Å². The number of benzene rings is 1. The van der Waals surface area contributed by atoms with Gasteiger partial charge < -0.3 is 15.2 Å². The van der Waals surface area contributed by atoms with Gasteiger partial charge in [0, 0.05) is 37.1 Å². The number of hydrogen-bond acceptors (Lipinski definition) is 8. The number of nitrogens with zero attached hydrogens (tertiary/aromatic N) is 7. The predicted octanol–water partition coefficient (Wildman–Crippen LogP) is 2.22. The minimum absolute atomic E-state index is 0.0456. The summed E-state index contributed by atoms with van der Waals surface area (Å²) in [6.45, 7) is 0.273. The lowest BCUT2D eigenvalue weighted by Crippen LogP contribution is -2.23. The first-order valence-electron chi connectivity index (χ1n) is 9.86. The lowest BCUT2D eigenvalue weighted by Gasteiger charge is -2.09. The molecule has 0 bridgehead atoms. The van der Waals surface area contributed by atoms with Crippen molar-refractivity contribution in [1.29, 1.82) is 5.26 Å². The second kappa shape index (κ2) is 9.61.